The fourth-order valence-corrected chi connectivity index (χ4v) is 1.81. The van der Waals surface area contributed by atoms with Crippen molar-refractivity contribution in [1.82, 2.24) is 9.80 Å². The molecule has 1 aromatic carbocycles. The first-order chi connectivity index (χ1) is 10.7. The van der Waals surface area contributed by atoms with Crippen LogP contribution in [0.25, 0.3) is 0 Å². The minimum Gasteiger partial charge on any atom is -0.445 e. The Balaban J connectivity index is 1.83. The van der Waals surface area contributed by atoms with Crippen molar-refractivity contribution < 1.29 is 16.4 Å². The molecule has 1 aromatic rings. The fraction of sp³-hybridized carbons (Fsp3) is 0.500. The average Bonchev–Trinajstić information content (AvgIpc) is 2.52. The van der Waals surface area contributed by atoms with Gasteiger partial charge in [-0.25, -0.2) is 4.79 Å². The van der Waals surface area contributed by atoms with Gasteiger partial charge in [-0.15, -0.1) is 0 Å². The third-order valence-electron chi connectivity index (χ3n) is 2.90. The lowest BCUT2D eigenvalue weighted by atomic mass is 10.2. The molecule has 0 bridgehead atoms. The molecule has 1 aliphatic rings. The topological polar surface area (TPSA) is 32.8 Å². The van der Waals surface area contributed by atoms with Gasteiger partial charge in [0.1, 0.15) is 6.61 Å². The monoisotopic (exact) mass is 253 g/mol. The van der Waals surface area contributed by atoms with Crippen molar-refractivity contribution in [3.63, 3.8) is 0 Å². The smallest absolute Gasteiger partial charge is 0.410 e. The highest BCUT2D eigenvalue weighted by Crippen LogP contribution is 2.06. The van der Waals surface area contributed by atoms with Gasteiger partial charge in [0.2, 0.25) is 0 Å². The average molecular weight is 253 g/mol. The summed E-state index contributed by atoms with van der Waals surface area (Å²) in [5.74, 6) is 0. The molecular formula is C14H20N2O2. The van der Waals surface area contributed by atoms with Crippen molar-refractivity contribution in [3.8, 4) is 0 Å². The minimum absolute atomic E-state index is 0.159. The maximum absolute atomic E-state index is 12.0. The van der Waals surface area contributed by atoms with Crippen LogP contribution in [0.4, 0.5) is 4.79 Å². The Morgan fingerprint density at radius 1 is 1.33 bits per heavy atom. The number of carbonyl (C=O) groups excluding carboxylic acids is 1. The summed E-state index contributed by atoms with van der Waals surface area (Å²) in [6.07, 6.45) is -0.469. The second kappa shape index (κ2) is 6.40. The highest BCUT2D eigenvalue weighted by atomic mass is 16.6. The lowest BCUT2D eigenvalue weighted by Crippen LogP contribution is -2.48. The predicted octanol–water partition coefficient (Wildman–Crippen LogP) is 1.96. The molecular weight excluding hydrogens is 228 g/mol. The minimum atomic E-state index is -2.72. The largest absolute Gasteiger partial charge is 0.445 e. The number of carbonyl (C=O) groups is 1. The van der Waals surface area contributed by atoms with Gasteiger partial charge in [0, 0.05) is 33.0 Å². The van der Waals surface area contributed by atoms with Gasteiger partial charge in [-0.1, -0.05) is 37.2 Å². The number of ether oxygens (including phenoxy) is 1. The number of nitrogens with zero attached hydrogens (tertiary/aromatic N) is 2. The number of piperazine rings is 1. The van der Waals surface area contributed by atoms with Gasteiger partial charge in [-0.2, -0.15) is 0 Å². The van der Waals surface area contributed by atoms with Crippen LogP contribution >= 0.6 is 0 Å². The molecule has 0 saturated carbocycles. The Labute approximate surface area is 115 Å². The summed E-state index contributed by atoms with van der Waals surface area (Å²) in [7, 11) is 0. The second-order valence-corrected chi connectivity index (χ2v) is 4.13. The number of hydrogen-bond donors (Lipinski definition) is 0. The van der Waals surface area contributed by atoms with E-state index in [1.165, 1.54) is 9.80 Å². The van der Waals surface area contributed by atoms with Crippen molar-refractivity contribution in [3.05, 3.63) is 35.9 Å². The molecule has 4 heteroatoms. The van der Waals surface area contributed by atoms with E-state index in [-0.39, 0.29) is 32.8 Å². The van der Waals surface area contributed by atoms with Gasteiger partial charge in [0.15, 0.2) is 0 Å². The molecule has 1 aliphatic heterocycles. The number of likely N-dealkylation sites (N-methyl/N-ethyl adjacent to an activating group) is 1. The van der Waals surface area contributed by atoms with Gasteiger partial charge >= 0.3 is 6.09 Å². The van der Waals surface area contributed by atoms with Crippen molar-refractivity contribution in [2.75, 3.05) is 32.7 Å². The van der Waals surface area contributed by atoms with Gasteiger partial charge < -0.3 is 14.5 Å². The number of hydrogen-bond acceptors (Lipinski definition) is 3. The predicted molar refractivity (Wildman–Crippen MR) is 70.3 cm³/mol. The molecule has 1 heterocycles. The van der Waals surface area contributed by atoms with Crippen LogP contribution in [0.5, 0.6) is 0 Å². The molecule has 0 spiro atoms. The molecule has 18 heavy (non-hydrogen) atoms. The van der Waals surface area contributed by atoms with E-state index in [4.69, 9.17) is 11.6 Å². The van der Waals surface area contributed by atoms with Crippen LogP contribution in [0.3, 0.4) is 0 Å². The zero-order chi connectivity index (χ0) is 17.1. The molecule has 2 rings (SSSR count). The molecule has 0 N–H and O–H groups in total. The maximum atomic E-state index is 12.0. The quantitative estimate of drug-likeness (QED) is 0.825. The van der Waals surface area contributed by atoms with Gasteiger partial charge in [0.05, 0.1) is 0 Å². The fourth-order valence-electron chi connectivity index (χ4n) is 1.81. The Morgan fingerprint density at radius 3 is 2.72 bits per heavy atom. The summed E-state index contributed by atoms with van der Waals surface area (Å²) < 4.78 is 42.5. The number of amides is 1. The Kier molecular flexibility index (Phi) is 2.77. The Hall–Kier alpha value is -1.55. The Bertz CT molecular complexity index is 528. The summed E-state index contributed by atoms with van der Waals surface area (Å²) in [5, 5.41) is 0. The van der Waals surface area contributed by atoms with Crippen LogP contribution in [-0.4, -0.2) is 48.6 Å². The zero-order valence-electron chi connectivity index (χ0n) is 15.1. The number of rotatable bonds is 3. The summed E-state index contributed by atoms with van der Waals surface area (Å²) in [4.78, 5) is 14.7. The molecule has 98 valence electrons. The molecule has 1 amide bonds. The summed E-state index contributed by atoms with van der Waals surface area (Å²) in [6, 6.07) is 9.31. The van der Waals surface area contributed by atoms with E-state index in [9.17, 15) is 4.79 Å². The molecule has 0 unspecified atom stereocenters. The van der Waals surface area contributed by atoms with Crippen LogP contribution in [0.1, 0.15) is 19.3 Å². The molecule has 1 fully saturated rings. The van der Waals surface area contributed by atoms with Crippen LogP contribution in [-0.2, 0) is 11.3 Å². The zero-order valence-corrected chi connectivity index (χ0v) is 10.1. The van der Waals surface area contributed by atoms with Crippen LogP contribution in [0.15, 0.2) is 30.3 Å². The third kappa shape index (κ3) is 3.47. The van der Waals surface area contributed by atoms with Crippen molar-refractivity contribution >= 4 is 6.09 Å². The number of benzene rings is 1. The van der Waals surface area contributed by atoms with Crippen LogP contribution in [0.2, 0.25) is 0 Å². The van der Waals surface area contributed by atoms with Crippen molar-refractivity contribution in [2.45, 2.75) is 13.5 Å². The molecule has 0 aromatic heterocycles. The molecule has 0 atom stereocenters. The lowest BCUT2D eigenvalue weighted by Gasteiger charge is -2.33. The first-order valence-electron chi connectivity index (χ1n) is 8.42. The van der Waals surface area contributed by atoms with Gasteiger partial charge in [-0.3, -0.25) is 0 Å². The van der Waals surface area contributed by atoms with E-state index < -0.39 is 19.4 Å². The third-order valence-corrected chi connectivity index (χ3v) is 2.90. The van der Waals surface area contributed by atoms with E-state index in [1.807, 2.05) is 30.3 Å². The first kappa shape index (κ1) is 7.79. The van der Waals surface area contributed by atoms with Crippen LogP contribution in [0, 0.1) is 0 Å². The summed E-state index contributed by atoms with van der Waals surface area (Å²) in [5.41, 5.74) is 0.887. The van der Waals surface area contributed by atoms with Crippen molar-refractivity contribution in [1.29, 1.82) is 0 Å². The Morgan fingerprint density at radius 2 is 2.06 bits per heavy atom. The van der Waals surface area contributed by atoms with E-state index in [0.717, 1.165) is 5.56 Å². The highest BCUT2D eigenvalue weighted by molar-refractivity contribution is 5.67. The van der Waals surface area contributed by atoms with Gasteiger partial charge in [-0.05, 0) is 12.1 Å². The van der Waals surface area contributed by atoms with E-state index in [2.05, 4.69) is 0 Å². The molecule has 1 saturated heterocycles. The highest BCUT2D eigenvalue weighted by Gasteiger charge is 2.20. The second-order valence-electron chi connectivity index (χ2n) is 4.13. The van der Waals surface area contributed by atoms with E-state index >= 15 is 0 Å². The normalized spacial score (nSPS) is 22.2. The van der Waals surface area contributed by atoms with E-state index in [1.54, 1.807) is 0 Å². The standard InChI is InChI=1S/C14H20N2O2/c1-2-15-8-10-16(11-9-15)14(17)18-12-13-6-4-3-5-7-13/h3-7H,2,8-12H2,1H3/i1D3,2D2. The summed E-state index contributed by atoms with van der Waals surface area (Å²) in [6.45, 7) is -4.14. The van der Waals surface area contributed by atoms with Crippen LogP contribution < -0.4 is 0 Å². The van der Waals surface area contributed by atoms with Crippen molar-refractivity contribution in [2.24, 2.45) is 0 Å². The van der Waals surface area contributed by atoms with Gasteiger partial charge in [0.25, 0.3) is 0 Å². The van der Waals surface area contributed by atoms with E-state index in [0.29, 0.717) is 0 Å². The molecule has 0 aliphatic carbocycles. The molecule has 0 radical (unpaired) electrons. The summed E-state index contributed by atoms with van der Waals surface area (Å²) >= 11 is 0. The maximum Gasteiger partial charge on any atom is 0.410 e. The SMILES string of the molecule is [2H]C([2H])([2H])C([2H])([2H])N1CCN(C(=O)OCc2ccccc2)CC1. The lowest BCUT2D eigenvalue weighted by molar-refractivity contribution is 0.0729. The first-order valence-corrected chi connectivity index (χ1v) is 5.92. The molecule has 4 nitrogen and oxygen atoms in total.